The van der Waals surface area contributed by atoms with Crippen molar-refractivity contribution in [3.63, 3.8) is 0 Å². The number of sulfonamides is 1. The minimum atomic E-state index is -4.00. The Bertz CT molecular complexity index is 1250. The van der Waals surface area contributed by atoms with Crippen LogP contribution in [0.25, 0.3) is 11.1 Å². The van der Waals surface area contributed by atoms with E-state index in [4.69, 9.17) is 4.42 Å². The lowest BCUT2D eigenvalue weighted by Gasteiger charge is -2.18. The van der Waals surface area contributed by atoms with Gasteiger partial charge in [0.1, 0.15) is 6.04 Å². The summed E-state index contributed by atoms with van der Waals surface area (Å²) in [5.41, 5.74) is 2.91. The second kappa shape index (κ2) is 10.4. The summed E-state index contributed by atoms with van der Waals surface area (Å²) in [7, 11) is -2.46. The van der Waals surface area contributed by atoms with Crippen molar-refractivity contribution in [3.8, 4) is 0 Å². The first-order valence-corrected chi connectivity index (χ1v) is 13.0. The van der Waals surface area contributed by atoms with Crippen molar-refractivity contribution in [2.45, 2.75) is 30.7 Å². The first-order valence-electron chi connectivity index (χ1n) is 10.2. The van der Waals surface area contributed by atoms with E-state index in [1.165, 1.54) is 34.5 Å². The fraction of sp³-hybridized carbons (Fsp3) is 0.364. The van der Waals surface area contributed by atoms with E-state index >= 15 is 0 Å². The van der Waals surface area contributed by atoms with Crippen LogP contribution in [0.5, 0.6) is 0 Å². The molecule has 8 nitrogen and oxygen atoms in total. The first kappa shape index (κ1) is 24.1. The van der Waals surface area contributed by atoms with E-state index in [0.29, 0.717) is 30.7 Å². The number of nitrogens with zero attached hydrogens (tertiary/aromatic N) is 1. The Morgan fingerprint density at radius 2 is 1.91 bits per heavy atom. The van der Waals surface area contributed by atoms with Crippen molar-refractivity contribution in [1.82, 2.24) is 14.6 Å². The Balaban J connectivity index is 1.70. The zero-order chi connectivity index (χ0) is 23.3. The summed E-state index contributed by atoms with van der Waals surface area (Å²) in [6, 6.07) is 11.3. The monoisotopic (exact) mass is 477 g/mol. The number of hydrogen-bond acceptors (Lipinski definition) is 6. The number of thioether (sulfide) groups is 1. The van der Waals surface area contributed by atoms with Gasteiger partial charge in [-0.3, -0.25) is 9.36 Å². The number of hydrogen-bond donors (Lipinski definition) is 2. The molecular formula is C22H27N3O5S2. The van der Waals surface area contributed by atoms with E-state index in [-0.39, 0.29) is 16.4 Å². The number of carbonyl (C=O) groups excluding carboxylic acids is 1. The second-order valence-corrected chi connectivity index (χ2v) is 10.2. The molecule has 0 bridgehead atoms. The smallest absolute Gasteiger partial charge is 0.408 e. The van der Waals surface area contributed by atoms with Gasteiger partial charge in [0, 0.05) is 19.7 Å². The normalized spacial score (nSPS) is 12.7. The van der Waals surface area contributed by atoms with Crippen LogP contribution in [0.15, 0.2) is 56.6 Å². The minimum Gasteiger partial charge on any atom is -0.408 e. The molecule has 1 unspecified atom stereocenters. The van der Waals surface area contributed by atoms with Crippen LogP contribution in [-0.2, 0) is 28.3 Å². The van der Waals surface area contributed by atoms with Gasteiger partial charge < -0.3 is 9.73 Å². The largest absolute Gasteiger partial charge is 0.419 e. The average Bonchev–Trinajstić information content (AvgIpc) is 3.05. The van der Waals surface area contributed by atoms with Crippen molar-refractivity contribution in [2.75, 3.05) is 18.6 Å². The molecule has 1 atom stereocenters. The van der Waals surface area contributed by atoms with Crippen molar-refractivity contribution in [3.05, 3.63) is 64.1 Å². The highest BCUT2D eigenvalue weighted by Crippen LogP contribution is 2.18. The van der Waals surface area contributed by atoms with E-state index in [1.54, 1.807) is 7.05 Å². The number of fused-ring (bicyclic) bond motifs is 1. The predicted octanol–water partition coefficient (Wildman–Crippen LogP) is 2.20. The topological polar surface area (TPSA) is 110 Å². The molecule has 0 fully saturated rings. The van der Waals surface area contributed by atoms with Crippen molar-refractivity contribution >= 4 is 38.8 Å². The number of nitrogens with one attached hydrogen (secondary N) is 2. The van der Waals surface area contributed by atoms with Gasteiger partial charge >= 0.3 is 5.76 Å². The summed E-state index contributed by atoms with van der Waals surface area (Å²) in [6.07, 6.45) is 2.89. The van der Waals surface area contributed by atoms with Gasteiger partial charge in [-0.15, -0.1) is 0 Å². The highest BCUT2D eigenvalue weighted by molar-refractivity contribution is 7.98. The third kappa shape index (κ3) is 5.81. The lowest BCUT2D eigenvalue weighted by molar-refractivity contribution is -0.122. The van der Waals surface area contributed by atoms with E-state index in [2.05, 4.69) is 10.0 Å². The van der Waals surface area contributed by atoms with E-state index in [0.717, 1.165) is 11.1 Å². The van der Waals surface area contributed by atoms with E-state index in [9.17, 15) is 18.0 Å². The summed E-state index contributed by atoms with van der Waals surface area (Å²) in [5.74, 6) is -0.333. The number of carbonyl (C=O) groups is 1. The Kier molecular flexibility index (Phi) is 7.81. The van der Waals surface area contributed by atoms with E-state index < -0.39 is 21.8 Å². The molecule has 0 radical (unpaired) electrons. The van der Waals surface area contributed by atoms with Crippen LogP contribution in [-0.4, -0.2) is 43.5 Å². The van der Waals surface area contributed by atoms with Gasteiger partial charge in [0.15, 0.2) is 5.58 Å². The Morgan fingerprint density at radius 1 is 1.19 bits per heavy atom. The van der Waals surface area contributed by atoms with Gasteiger partial charge in [-0.25, -0.2) is 13.2 Å². The molecule has 3 aromatic rings. The van der Waals surface area contributed by atoms with Crippen LogP contribution < -0.4 is 15.8 Å². The maximum Gasteiger partial charge on any atom is 0.419 e. The second-order valence-electron chi connectivity index (χ2n) is 7.54. The molecule has 0 saturated heterocycles. The Labute approximate surface area is 191 Å². The van der Waals surface area contributed by atoms with Gasteiger partial charge in [0.05, 0.1) is 10.4 Å². The molecule has 0 saturated carbocycles. The Hall–Kier alpha value is -2.56. The molecule has 3 rings (SSSR count). The van der Waals surface area contributed by atoms with Gasteiger partial charge in [-0.2, -0.15) is 16.5 Å². The number of aromatic nitrogens is 1. The van der Waals surface area contributed by atoms with Crippen molar-refractivity contribution in [2.24, 2.45) is 7.05 Å². The van der Waals surface area contributed by atoms with Gasteiger partial charge in [-0.1, -0.05) is 29.8 Å². The number of benzene rings is 2. The fourth-order valence-electron chi connectivity index (χ4n) is 3.22. The van der Waals surface area contributed by atoms with Crippen LogP contribution in [0.4, 0.5) is 0 Å². The quantitative estimate of drug-likeness (QED) is 0.463. The van der Waals surface area contributed by atoms with Crippen LogP contribution in [0, 0.1) is 6.92 Å². The lowest BCUT2D eigenvalue weighted by Crippen LogP contribution is -2.47. The number of rotatable bonds is 10. The summed E-state index contributed by atoms with van der Waals surface area (Å²) in [4.78, 5) is 24.4. The lowest BCUT2D eigenvalue weighted by atomic mass is 10.1. The fourth-order valence-corrected chi connectivity index (χ4v) is 4.94. The van der Waals surface area contributed by atoms with Crippen LogP contribution in [0.2, 0.25) is 0 Å². The molecule has 1 amide bonds. The molecule has 2 aromatic carbocycles. The van der Waals surface area contributed by atoms with Gasteiger partial charge in [0.25, 0.3) is 0 Å². The molecule has 1 heterocycles. The van der Waals surface area contributed by atoms with Crippen molar-refractivity contribution < 1.29 is 17.6 Å². The SMILES string of the molecule is CSCCC(NS(=O)(=O)c1ccc2c(c1)oc(=O)n2C)C(=O)NCCc1ccc(C)cc1. The third-order valence-electron chi connectivity index (χ3n) is 5.13. The van der Waals surface area contributed by atoms with Crippen molar-refractivity contribution in [1.29, 1.82) is 0 Å². The molecule has 0 aliphatic rings. The molecule has 0 aliphatic heterocycles. The van der Waals surface area contributed by atoms with Gasteiger partial charge in [-0.05, 0) is 49.5 Å². The van der Waals surface area contributed by atoms with Gasteiger partial charge in [0.2, 0.25) is 15.9 Å². The van der Waals surface area contributed by atoms with E-state index in [1.807, 2.05) is 37.4 Å². The standard InChI is InChI=1S/C22H27N3O5S2/c1-15-4-6-16(7-5-15)10-12-23-21(26)18(11-13-31-3)24-32(28,29)17-8-9-19-20(14-17)30-22(27)25(19)2/h4-9,14,18,24H,10-13H2,1-3H3,(H,23,26). The third-order valence-corrected chi connectivity index (χ3v) is 7.25. The molecule has 10 heteroatoms. The zero-order valence-electron chi connectivity index (χ0n) is 18.3. The number of aryl methyl sites for hydroxylation is 2. The Morgan fingerprint density at radius 3 is 2.59 bits per heavy atom. The maximum absolute atomic E-state index is 12.9. The number of amides is 1. The molecule has 0 aliphatic carbocycles. The molecule has 1 aromatic heterocycles. The molecule has 32 heavy (non-hydrogen) atoms. The maximum atomic E-state index is 12.9. The first-order chi connectivity index (χ1) is 15.2. The summed E-state index contributed by atoms with van der Waals surface area (Å²) >= 11 is 1.53. The summed E-state index contributed by atoms with van der Waals surface area (Å²) in [6.45, 7) is 2.41. The summed E-state index contributed by atoms with van der Waals surface area (Å²) in [5, 5.41) is 2.83. The molecule has 172 valence electrons. The zero-order valence-corrected chi connectivity index (χ0v) is 19.9. The highest BCUT2D eigenvalue weighted by atomic mass is 32.2. The number of oxazole rings is 1. The molecule has 2 N–H and O–H groups in total. The van der Waals surface area contributed by atoms with Crippen LogP contribution in [0.3, 0.4) is 0 Å². The predicted molar refractivity (Wildman–Crippen MR) is 126 cm³/mol. The molecular weight excluding hydrogens is 450 g/mol. The highest BCUT2D eigenvalue weighted by Gasteiger charge is 2.26. The molecule has 0 spiro atoms. The average molecular weight is 478 g/mol. The van der Waals surface area contributed by atoms with Crippen LogP contribution >= 0.6 is 11.8 Å². The minimum absolute atomic E-state index is 0.0686. The van der Waals surface area contributed by atoms with Crippen LogP contribution in [0.1, 0.15) is 17.5 Å². The summed E-state index contributed by atoms with van der Waals surface area (Å²) < 4.78 is 34.8.